The van der Waals surface area contributed by atoms with Crippen LogP contribution in [-0.2, 0) is 4.79 Å². The normalized spacial score (nSPS) is 11.2. The molecule has 3 N–H and O–H groups in total. The Hall–Kier alpha value is -1.93. The molecule has 1 rings (SSSR count). The largest absolute Gasteiger partial charge is 0.484 e. The predicted molar refractivity (Wildman–Crippen MR) is 77.0 cm³/mol. The smallest absolute Gasteiger partial charge is 0.305 e. The third kappa shape index (κ3) is 6.37. The zero-order chi connectivity index (χ0) is 15.1. The summed E-state index contributed by atoms with van der Waals surface area (Å²) in [5, 5.41) is 13.0. The van der Waals surface area contributed by atoms with E-state index in [9.17, 15) is 19.3 Å². The van der Waals surface area contributed by atoms with Crippen LogP contribution >= 0.6 is 12.4 Å². The third-order valence-corrected chi connectivity index (χ3v) is 2.54. The van der Waals surface area contributed by atoms with Crippen LogP contribution in [0.3, 0.4) is 0 Å². The number of nitrogens with one attached hydrogen (secondary N) is 1. The maximum Gasteiger partial charge on any atom is 0.305 e. The number of ether oxygens (including phenoxy) is 1. The van der Waals surface area contributed by atoms with Crippen molar-refractivity contribution < 1.29 is 18.8 Å². The first kappa shape index (κ1) is 19.1. The van der Waals surface area contributed by atoms with Crippen LogP contribution in [0.2, 0.25) is 0 Å². The molecule has 0 aromatic heterocycles. The molecule has 0 heterocycles. The maximum atomic E-state index is 13.3. The lowest BCUT2D eigenvalue weighted by Crippen LogP contribution is -2.34. The average molecular weight is 322 g/mol. The molecule has 0 saturated carbocycles. The van der Waals surface area contributed by atoms with E-state index in [0.29, 0.717) is 13.1 Å². The lowest BCUT2D eigenvalue weighted by atomic mass is 10.2. The SMILES string of the molecule is CC(CN)CNC(=O)COc1ccc([N+](=O)[O-])c(F)c1.Cl. The number of nitro benzene ring substituents is 1. The second kappa shape index (κ2) is 9.09. The van der Waals surface area contributed by atoms with Crippen LogP contribution in [0.25, 0.3) is 0 Å². The lowest BCUT2D eigenvalue weighted by molar-refractivity contribution is -0.387. The standard InChI is InChI=1S/C12H16FN3O4.ClH/c1-8(5-14)6-15-12(17)7-20-9-2-3-11(16(18)19)10(13)4-9;/h2-4,8H,5-7,14H2,1H3,(H,15,17);1H. The molecule has 118 valence electrons. The summed E-state index contributed by atoms with van der Waals surface area (Å²) in [5.74, 6) is -1.18. The molecular weight excluding hydrogens is 305 g/mol. The Labute approximate surface area is 127 Å². The van der Waals surface area contributed by atoms with E-state index in [1.807, 2.05) is 6.92 Å². The van der Waals surface area contributed by atoms with E-state index in [4.69, 9.17) is 10.5 Å². The highest BCUT2D eigenvalue weighted by molar-refractivity contribution is 5.85. The second-order valence-corrected chi connectivity index (χ2v) is 4.30. The van der Waals surface area contributed by atoms with E-state index < -0.39 is 16.4 Å². The molecule has 1 aromatic carbocycles. The highest BCUT2D eigenvalue weighted by Gasteiger charge is 2.14. The summed E-state index contributed by atoms with van der Waals surface area (Å²) in [6.07, 6.45) is 0. The molecule has 0 fully saturated rings. The number of halogens is 2. The van der Waals surface area contributed by atoms with Crippen molar-refractivity contribution in [2.75, 3.05) is 19.7 Å². The fraction of sp³-hybridized carbons (Fsp3) is 0.417. The number of hydrogen-bond acceptors (Lipinski definition) is 5. The monoisotopic (exact) mass is 321 g/mol. The molecule has 0 spiro atoms. The van der Waals surface area contributed by atoms with Gasteiger partial charge in [0.05, 0.1) is 4.92 Å². The number of rotatable bonds is 7. The summed E-state index contributed by atoms with van der Waals surface area (Å²) < 4.78 is 18.3. The molecular formula is C12H17ClFN3O4. The molecule has 0 aliphatic rings. The molecule has 1 amide bonds. The number of nitrogens with two attached hydrogens (primary N) is 1. The summed E-state index contributed by atoms with van der Waals surface area (Å²) in [5.41, 5.74) is 4.76. The molecule has 21 heavy (non-hydrogen) atoms. The summed E-state index contributed by atoms with van der Waals surface area (Å²) in [4.78, 5) is 21.0. The molecule has 0 aliphatic carbocycles. The van der Waals surface area contributed by atoms with Gasteiger partial charge in [-0.15, -0.1) is 12.4 Å². The van der Waals surface area contributed by atoms with Crippen molar-refractivity contribution in [2.45, 2.75) is 6.92 Å². The third-order valence-electron chi connectivity index (χ3n) is 2.54. The minimum atomic E-state index is -1.01. The van der Waals surface area contributed by atoms with Crippen molar-refractivity contribution in [2.24, 2.45) is 11.7 Å². The number of hydrogen-bond donors (Lipinski definition) is 2. The Morgan fingerprint density at radius 1 is 1.57 bits per heavy atom. The number of benzene rings is 1. The Bertz CT molecular complexity index is 501. The van der Waals surface area contributed by atoms with Gasteiger partial charge in [0.1, 0.15) is 5.75 Å². The zero-order valence-electron chi connectivity index (χ0n) is 11.4. The topological polar surface area (TPSA) is 107 Å². The van der Waals surface area contributed by atoms with Crippen molar-refractivity contribution >= 4 is 24.0 Å². The highest BCUT2D eigenvalue weighted by atomic mass is 35.5. The van der Waals surface area contributed by atoms with Gasteiger partial charge >= 0.3 is 5.69 Å². The van der Waals surface area contributed by atoms with Crippen LogP contribution in [0.15, 0.2) is 18.2 Å². The molecule has 1 aromatic rings. The second-order valence-electron chi connectivity index (χ2n) is 4.30. The van der Waals surface area contributed by atoms with Gasteiger partial charge in [0, 0.05) is 18.7 Å². The first-order valence-electron chi connectivity index (χ1n) is 5.97. The predicted octanol–water partition coefficient (Wildman–Crippen LogP) is 1.25. The number of amides is 1. The van der Waals surface area contributed by atoms with Crippen molar-refractivity contribution in [3.8, 4) is 5.75 Å². The van der Waals surface area contributed by atoms with Gasteiger partial charge < -0.3 is 15.8 Å². The Balaban J connectivity index is 0.00000400. The van der Waals surface area contributed by atoms with Crippen molar-refractivity contribution in [1.82, 2.24) is 5.32 Å². The quantitative estimate of drug-likeness (QED) is 0.580. The van der Waals surface area contributed by atoms with E-state index in [-0.39, 0.29) is 36.6 Å². The van der Waals surface area contributed by atoms with Crippen LogP contribution in [0.5, 0.6) is 5.75 Å². The number of carbonyl (C=O) groups excluding carboxylic acids is 1. The van der Waals surface area contributed by atoms with Crippen molar-refractivity contribution in [1.29, 1.82) is 0 Å². The van der Waals surface area contributed by atoms with Gasteiger partial charge in [0.15, 0.2) is 6.61 Å². The van der Waals surface area contributed by atoms with Gasteiger partial charge in [-0.25, -0.2) is 0 Å². The number of nitro groups is 1. The van der Waals surface area contributed by atoms with Crippen molar-refractivity contribution in [3.63, 3.8) is 0 Å². The van der Waals surface area contributed by atoms with E-state index in [1.165, 1.54) is 6.07 Å². The molecule has 1 unspecified atom stereocenters. The molecule has 1 atom stereocenters. The van der Waals surface area contributed by atoms with Gasteiger partial charge in [0.2, 0.25) is 5.82 Å². The molecule has 0 radical (unpaired) electrons. The Morgan fingerprint density at radius 2 is 2.24 bits per heavy atom. The summed E-state index contributed by atoms with van der Waals surface area (Å²) in [6, 6.07) is 3.09. The fourth-order valence-electron chi connectivity index (χ4n) is 1.30. The fourth-order valence-corrected chi connectivity index (χ4v) is 1.30. The van der Waals surface area contributed by atoms with Crippen LogP contribution < -0.4 is 15.8 Å². The van der Waals surface area contributed by atoms with E-state index >= 15 is 0 Å². The molecule has 0 saturated heterocycles. The number of carbonyl (C=O) groups is 1. The number of nitrogens with zero attached hydrogens (tertiary/aromatic N) is 1. The van der Waals surface area contributed by atoms with E-state index in [0.717, 1.165) is 12.1 Å². The molecule has 0 aliphatic heterocycles. The lowest BCUT2D eigenvalue weighted by Gasteiger charge is -2.10. The van der Waals surface area contributed by atoms with Gasteiger partial charge in [-0.05, 0) is 18.5 Å². The summed E-state index contributed by atoms with van der Waals surface area (Å²) >= 11 is 0. The minimum Gasteiger partial charge on any atom is -0.484 e. The maximum absolute atomic E-state index is 13.3. The van der Waals surface area contributed by atoms with Crippen LogP contribution in [0.1, 0.15) is 6.92 Å². The van der Waals surface area contributed by atoms with Crippen LogP contribution in [0, 0.1) is 21.8 Å². The van der Waals surface area contributed by atoms with Crippen molar-refractivity contribution in [3.05, 3.63) is 34.1 Å². The van der Waals surface area contributed by atoms with E-state index in [2.05, 4.69) is 5.32 Å². The van der Waals surface area contributed by atoms with E-state index in [1.54, 1.807) is 0 Å². The summed E-state index contributed by atoms with van der Waals surface area (Å²) in [6.45, 7) is 2.46. The Kier molecular flexibility index (Phi) is 8.25. The van der Waals surface area contributed by atoms with Crippen LogP contribution in [0.4, 0.5) is 10.1 Å². The highest BCUT2D eigenvalue weighted by Crippen LogP contribution is 2.22. The first-order chi connectivity index (χ1) is 9.43. The average Bonchev–Trinajstić information content (AvgIpc) is 2.42. The van der Waals surface area contributed by atoms with Crippen LogP contribution in [-0.4, -0.2) is 30.5 Å². The van der Waals surface area contributed by atoms with Gasteiger partial charge in [-0.1, -0.05) is 6.92 Å². The Morgan fingerprint density at radius 3 is 2.76 bits per heavy atom. The van der Waals surface area contributed by atoms with Gasteiger partial charge in [-0.2, -0.15) is 4.39 Å². The molecule has 9 heteroatoms. The molecule has 7 nitrogen and oxygen atoms in total. The zero-order valence-corrected chi connectivity index (χ0v) is 12.2. The first-order valence-corrected chi connectivity index (χ1v) is 5.97. The van der Waals surface area contributed by atoms with Gasteiger partial charge in [0.25, 0.3) is 5.91 Å². The van der Waals surface area contributed by atoms with Gasteiger partial charge in [-0.3, -0.25) is 14.9 Å². The minimum absolute atomic E-state index is 0. The molecule has 0 bridgehead atoms. The summed E-state index contributed by atoms with van der Waals surface area (Å²) in [7, 11) is 0.